The molecule has 0 saturated heterocycles. The van der Waals surface area contributed by atoms with Crippen molar-refractivity contribution in [2.45, 2.75) is 26.8 Å². The molecule has 86 valence electrons. The second-order valence-electron chi connectivity index (χ2n) is 3.80. The average molecular weight is 239 g/mol. The first-order valence-electron chi connectivity index (χ1n) is 5.12. The van der Waals surface area contributed by atoms with E-state index in [2.05, 4.69) is 0 Å². The predicted octanol–water partition coefficient (Wildman–Crippen LogP) is 1.58. The molecule has 0 aliphatic carbocycles. The summed E-state index contributed by atoms with van der Waals surface area (Å²) in [6, 6.07) is 1.86. The zero-order valence-corrected chi connectivity index (χ0v) is 10.1. The van der Waals surface area contributed by atoms with Crippen LogP contribution in [0.3, 0.4) is 0 Å². The van der Waals surface area contributed by atoms with Gasteiger partial charge in [-0.15, -0.1) is 11.3 Å². The highest BCUT2D eigenvalue weighted by atomic mass is 32.1. The summed E-state index contributed by atoms with van der Waals surface area (Å²) in [5, 5.41) is 0.628. The van der Waals surface area contributed by atoms with Gasteiger partial charge in [0.05, 0.1) is 0 Å². The minimum Gasteiger partial charge on any atom is -0.416 e. The van der Waals surface area contributed by atoms with Gasteiger partial charge in [-0.1, -0.05) is 0 Å². The number of amides is 1. The molecular formula is C11H13NO3S. The Labute approximate surface area is 97.8 Å². The Balaban J connectivity index is 2.16. The lowest BCUT2D eigenvalue weighted by Crippen LogP contribution is -2.33. The summed E-state index contributed by atoms with van der Waals surface area (Å²) in [5.41, 5.74) is 1.10. The van der Waals surface area contributed by atoms with Crippen LogP contribution in [0.15, 0.2) is 6.07 Å². The third kappa shape index (κ3) is 2.24. The van der Waals surface area contributed by atoms with Gasteiger partial charge >= 0.3 is 5.97 Å². The van der Waals surface area contributed by atoms with Crippen LogP contribution in [0.1, 0.15) is 24.3 Å². The van der Waals surface area contributed by atoms with E-state index in [0.29, 0.717) is 11.6 Å². The number of carbonyl (C=O) groups is 2. The number of ether oxygens (including phenoxy) is 1. The molecular weight excluding hydrogens is 226 g/mol. The average Bonchev–Trinajstić information content (AvgIpc) is 2.56. The van der Waals surface area contributed by atoms with Gasteiger partial charge in [0.25, 0.3) is 0 Å². The zero-order chi connectivity index (χ0) is 11.7. The second kappa shape index (κ2) is 4.25. The zero-order valence-electron chi connectivity index (χ0n) is 9.28. The van der Waals surface area contributed by atoms with Crippen molar-refractivity contribution in [3.8, 4) is 5.06 Å². The third-order valence-corrected chi connectivity index (χ3v) is 3.65. The number of fused-ring (bicyclic) bond motifs is 1. The van der Waals surface area contributed by atoms with Gasteiger partial charge in [0.2, 0.25) is 5.91 Å². The van der Waals surface area contributed by atoms with Crippen molar-refractivity contribution >= 4 is 23.2 Å². The summed E-state index contributed by atoms with van der Waals surface area (Å²) in [4.78, 5) is 25.1. The van der Waals surface area contributed by atoms with Crippen LogP contribution >= 0.6 is 11.3 Å². The van der Waals surface area contributed by atoms with Crippen molar-refractivity contribution in [1.82, 2.24) is 4.90 Å². The standard InChI is InChI=1S/C11H13NO3S/c1-7(13)12-4-3-10-9(6-12)5-11(16-10)15-8(2)14/h5H,3-4,6H2,1-2H3. The predicted molar refractivity (Wildman–Crippen MR) is 60.4 cm³/mol. The molecule has 0 aromatic carbocycles. The van der Waals surface area contributed by atoms with Crippen molar-refractivity contribution in [2.75, 3.05) is 6.54 Å². The second-order valence-corrected chi connectivity index (χ2v) is 4.90. The van der Waals surface area contributed by atoms with E-state index in [1.807, 2.05) is 6.07 Å². The molecule has 0 saturated carbocycles. The van der Waals surface area contributed by atoms with Gasteiger partial charge < -0.3 is 9.64 Å². The third-order valence-electron chi connectivity index (χ3n) is 2.53. The van der Waals surface area contributed by atoms with E-state index in [1.54, 1.807) is 11.8 Å². The van der Waals surface area contributed by atoms with Crippen molar-refractivity contribution in [2.24, 2.45) is 0 Å². The smallest absolute Gasteiger partial charge is 0.308 e. The van der Waals surface area contributed by atoms with Crippen LogP contribution < -0.4 is 4.74 Å². The summed E-state index contributed by atoms with van der Waals surface area (Å²) in [6.45, 7) is 4.34. The molecule has 2 heterocycles. The Bertz CT molecular complexity index is 438. The maximum absolute atomic E-state index is 11.2. The first kappa shape index (κ1) is 11.1. The van der Waals surface area contributed by atoms with Crippen LogP contribution in [-0.4, -0.2) is 23.3 Å². The molecule has 1 aliphatic heterocycles. The minimum absolute atomic E-state index is 0.0888. The molecule has 1 aromatic heterocycles. The van der Waals surface area contributed by atoms with Gasteiger partial charge in [-0.3, -0.25) is 9.59 Å². The number of hydrogen-bond donors (Lipinski definition) is 0. The molecule has 0 spiro atoms. The Morgan fingerprint density at radius 2 is 2.19 bits per heavy atom. The molecule has 5 heteroatoms. The quantitative estimate of drug-likeness (QED) is 0.699. The van der Waals surface area contributed by atoms with Crippen molar-refractivity contribution in [1.29, 1.82) is 0 Å². The summed E-state index contributed by atoms with van der Waals surface area (Å²) in [7, 11) is 0. The van der Waals surface area contributed by atoms with Gasteiger partial charge in [-0.25, -0.2) is 0 Å². The van der Waals surface area contributed by atoms with Crippen molar-refractivity contribution in [3.05, 3.63) is 16.5 Å². The Morgan fingerprint density at radius 1 is 1.44 bits per heavy atom. The fourth-order valence-electron chi connectivity index (χ4n) is 1.77. The van der Waals surface area contributed by atoms with Crippen LogP contribution in [0, 0.1) is 0 Å². The molecule has 0 N–H and O–H groups in total. The highest BCUT2D eigenvalue weighted by Gasteiger charge is 2.21. The van der Waals surface area contributed by atoms with E-state index >= 15 is 0 Å². The first-order chi connectivity index (χ1) is 7.56. The summed E-state index contributed by atoms with van der Waals surface area (Å²) < 4.78 is 5.04. The molecule has 1 amide bonds. The van der Waals surface area contributed by atoms with Crippen LogP contribution in [-0.2, 0) is 22.6 Å². The fourth-order valence-corrected chi connectivity index (χ4v) is 2.82. The van der Waals surface area contributed by atoms with Gasteiger partial charge in [0.1, 0.15) is 0 Å². The lowest BCUT2D eigenvalue weighted by atomic mass is 10.1. The molecule has 4 nitrogen and oxygen atoms in total. The number of rotatable bonds is 1. The molecule has 1 aromatic rings. The number of nitrogens with zero attached hydrogens (tertiary/aromatic N) is 1. The van der Waals surface area contributed by atoms with Crippen LogP contribution in [0.2, 0.25) is 0 Å². The Morgan fingerprint density at radius 3 is 2.81 bits per heavy atom. The molecule has 1 aliphatic rings. The van der Waals surface area contributed by atoms with Crippen LogP contribution in [0.4, 0.5) is 0 Å². The highest BCUT2D eigenvalue weighted by Crippen LogP contribution is 2.33. The van der Waals surface area contributed by atoms with Gasteiger partial charge in [-0.05, 0) is 18.1 Å². The maximum Gasteiger partial charge on any atom is 0.308 e. The number of thiophene rings is 1. The minimum atomic E-state index is -0.304. The van der Waals surface area contributed by atoms with Crippen LogP contribution in [0.25, 0.3) is 0 Å². The van der Waals surface area contributed by atoms with Gasteiger partial charge in [0, 0.05) is 31.8 Å². The Kier molecular flexibility index (Phi) is 2.96. The molecule has 0 unspecified atom stereocenters. The SMILES string of the molecule is CC(=O)Oc1cc2c(s1)CCN(C(C)=O)C2. The first-order valence-corrected chi connectivity index (χ1v) is 5.93. The molecule has 0 radical (unpaired) electrons. The molecule has 0 bridgehead atoms. The molecule has 0 atom stereocenters. The molecule has 16 heavy (non-hydrogen) atoms. The molecule has 2 rings (SSSR count). The monoisotopic (exact) mass is 239 g/mol. The highest BCUT2D eigenvalue weighted by molar-refractivity contribution is 7.14. The van der Waals surface area contributed by atoms with Gasteiger partial charge in [0.15, 0.2) is 5.06 Å². The summed E-state index contributed by atoms with van der Waals surface area (Å²) in [5.74, 6) is -0.215. The summed E-state index contributed by atoms with van der Waals surface area (Å²) >= 11 is 1.50. The van der Waals surface area contributed by atoms with E-state index in [1.165, 1.54) is 23.1 Å². The normalized spacial score (nSPS) is 14.5. The number of hydrogen-bond acceptors (Lipinski definition) is 4. The van der Waals surface area contributed by atoms with E-state index in [9.17, 15) is 9.59 Å². The lowest BCUT2D eigenvalue weighted by molar-refractivity contribution is -0.132. The summed E-state index contributed by atoms with van der Waals surface area (Å²) in [6.07, 6.45) is 0.848. The van der Waals surface area contributed by atoms with E-state index in [-0.39, 0.29) is 11.9 Å². The molecule has 0 fully saturated rings. The van der Waals surface area contributed by atoms with E-state index in [0.717, 1.165) is 18.5 Å². The van der Waals surface area contributed by atoms with E-state index in [4.69, 9.17) is 4.74 Å². The van der Waals surface area contributed by atoms with Crippen LogP contribution in [0.5, 0.6) is 5.06 Å². The largest absolute Gasteiger partial charge is 0.416 e. The fraction of sp³-hybridized carbons (Fsp3) is 0.455. The number of carbonyl (C=O) groups excluding carboxylic acids is 2. The van der Waals surface area contributed by atoms with Crippen molar-refractivity contribution < 1.29 is 14.3 Å². The van der Waals surface area contributed by atoms with Crippen molar-refractivity contribution in [3.63, 3.8) is 0 Å². The Hall–Kier alpha value is -1.36. The lowest BCUT2D eigenvalue weighted by Gasteiger charge is -2.25. The van der Waals surface area contributed by atoms with Gasteiger partial charge in [-0.2, -0.15) is 0 Å². The number of esters is 1. The van der Waals surface area contributed by atoms with E-state index < -0.39 is 0 Å². The maximum atomic E-state index is 11.2. The topological polar surface area (TPSA) is 46.6 Å².